The molecule has 9 N–H and O–H groups in total. The minimum absolute atomic E-state index is 0.0805. The van der Waals surface area contributed by atoms with E-state index in [2.05, 4.69) is 31.9 Å². The highest BCUT2D eigenvalue weighted by molar-refractivity contribution is 5.96. The number of amides is 9. The molecule has 0 aromatic heterocycles. The van der Waals surface area contributed by atoms with Crippen LogP contribution in [-0.2, 0) is 65.6 Å². The number of rotatable bonds is 32. The molecule has 9 amide bonds. The molecule has 4 rings (SSSR count). The first kappa shape index (κ1) is 70.0. The number of aliphatic hydroxyl groups is 1. The maximum absolute atomic E-state index is 14.7. The Labute approximate surface area is 500 Å². The summed E-state index contributed by atoms with van der Waals surface area (Å²) in [7, 11) is 6.10. The molecule has 1 aliphatic rings. The molecule has 23 nitrogen and oxygen atoms in total. The quantitative estimate of drug-likeness (QED) is 0.0445. The van der Waals surface area contributed by atoms with Crippen molar-refractivity contribution in [3.8, 4) is 0 Å². The third-order valence-electron chi connectivity index (χ3n) is 15.7. The van der Waals surface area contributed by atoms with E-state index in [1.54, 1.807) is 119 Å². The van der Waals surface area contributed by atoms with Gasteiger partial charge in [0.1, 0.15) is 24.7 Å². The average molecular weight is 1190 g/mol. The van der Waals surface area contributed by atoms with Crippen LogP contribution in [0.1, 0.15) is 104 Å². The molecule has 11 atom stereocenters. The number of aliphatic hydroxyl groups excluding tert-OH is 1. The number of anilines is 1. The maximum atomic E-state index is 14.7. The van der Waals surface area contributed by atoms with Crippen LogP contribution in [0.25, 0.3) is 0 Å². The molecule has 0 unspecified atom stereocenters. The second-order valence-corrected chi connectivity index (χ2v) is 22.6. The zero-order valence-electron chi connectivity index (χ0n) is 51.4. The summed E-state index contributed by atoms with van der Waals surface area (Å²) in [5.74, 6) is -5.54. The van der Waals surface area contributed by atoms with E-state index in [0.717, 1.165) is 5.56 Å². The van der Waals surface area contributed by atoms with Gasteiger partial charge in [0, 0.05) is 47.0 Å². The SMILES string of the molecule is CC[C@H](C)[C@@H]([C@@H](CC(=O)N1CCC[C@H]1[C@H](OC)[C@@H](C)C(=O)N[C@H](C)[C@@H](O)c1ccccc1)OC)N(C)C(=O)[C@@H](NC(=O)[C@H](C(C)C)N(C)C(=O)OCc1ccc(NC(=O)CNC(=O)[C@H](Cc2ccccc2)NC(=O)CNC(=O)CN)cc1)C(C)C. The Bertz CT molecular complexity index is 2670. The predicted molar refractivity (Wildman–Crippen MR) is 321 cm³/mol. The van der Waals surface area contributed by atoms with Crippen molar-refractivity contribution in [3.63, 3.8) is 0 Å². The summed E-state index contributed by atoms with van der Waals surface area (Å²) in [4.78, 5) is 125. The van der Waals surface area contributed by atoms with Crippen molar-refractivity contribution in [2.24, 2.45) is 29.4 Å². The fraction of sp³-hybridized carbons (Fsp3) is 0.565. The highest BCUT2D eigenvalue weighted by Gasteiger charge is 2.44. The largest absolute Gasteiger partial charge is 0.445 e. The van der Waals surface area contributed by atoms with Crippen molar-refractivity contribution in [1.82, 2.24) is 41.3 Å². The van der Waals surface area contributed by atoms with E-state index in [-0.39, 0.29) is 43.7 Å². The highest BCUT2D eigenvalue weighted by Crippen LogP contribution is 2.30. The Morgan fingerprint density at radius 2 is 1.33 bits per heavy atom. The van der Waals surface area contributed by atoms with Gasteiger partial charge in [-0.15, -0.1) is 0 Å². The van der Waals surface area contributed by atoms with Gasteiger partial charge in [0.2, 0.25) is 47.3 Å². The minimum Gasteiger partial charge on any atom is -0.445 e. The first-order valence-electron chi connectivity index (χ1n) is 29.2. The molecule has 1 aliphatic heterocycles. The molecule has 0 radical (unpaired) electrons. The molecular formula is C62H92N10O13. The van der Waals surface area contributed by atoms with E-state index in [0.29, 0.717) is 42.6 Å². The second kappa shape index (κ2) is 34.5. The fourth-order valence-corrected chi connectivity index (χ4v) is 10.7. The van der Waals surface area contributed by atoms with Crippen LogP contribution in [-0.4, -0.2) is 176 Å². The molecule has 85 heavy (non-hydrogen) atoms. The van der Waals surface area contributed by atoms with E-state index in [1.165, 1.54) is 26.2 Å². The molecule has 0 spiro atoms. The van der Waals surface area contributed by atoms with Gasteiger partial charge in [-0.2, -0.15) is 0 Å². The zero-order valence-corrected chi connectivity index (χ0v) is 51.4. The number of benzene rings is 3. The van der Waals surface area contributed by atoms with Crippen LogP contribution in [0, 0.1) is 23.7 Å². The van der Waals surface area contributed by atoms with Crippen molar-refractivity contribution in [3.05, 3.63) is 102 Å². The van der Waals surface area contributed by atoms with Gasteiger partial charge in [-0.1, -0.05) is 128 Å². The Morgan fingerprint density at radius 1 is 0.706 bits per heavy atom. The van der Waals surface area contributed by atoms with Crippen molar-refractivity contribution >= 4 is 59.0 Å². The molecule has 0 aliphatic carbocycles. The second-order valence-electron chi connectivity index (χ2n) is 22.6. The molecule has 1 saturated heterocycles. The summed E-state index contributed by atoms with van der Waals surface area (Å²) >= 11 is 0. The van der Waals surface area contributed by atoms with Gasteiger partial charge in [0.15, 0.2) is 0 Å². The predicted octanol–water partition coefficient (Wildman–Crippen LogP) is 3.44. The number of nitrogens with one attached hydrogen (secondary N) is 6. The molecular weight excluding hydrogens is 1090 g/mol. The Hall–Kier alpha value is -7.47. The Balaban J connectivity index is 1.36. The van der Waals surface area contributed by atoms with Gasteiger partial charge in [0.25, 0.3) is 0 Å². The summed E-state index contributed by atoms with van der Waals surface area (Å²) in [5, 5.41) is 27.0. The summed E-state index contributed by atoms with van der Waals surface area (Å²) < 4.78 is 17.7. The Kier molecular flexibility index (Phi) is 28.4. The van der Waals surface area contributed by atoms with Crippen molar-refractivity contribution in [1.29, 1.82) is 0 Å². The van der Waals surface area contributed by atoms with E-state index >= 15 is 0 Å². The van der Waals surface area contributed by atoms with Crippen LogP contribution in [0.3, 0.4) is 0 Å². The van der Waals surface area contributed by atoms with E-state index in [4.69, 9.17) is 19.9 Å². The summed E-state index contributed by atoms with van der Waals surface area (Å²) in [6, 6.07) is 19.6. The molecule has 23 heteroatoms. The van der Waals surface area contributed by atoms with Crippen LogP contribution >= 0.6 is 0 Å². The van der Waals surface area contributed by atoms with E-state index in [9.17, 15) is 48.3 Å². The number of nitrogens with zero attached hydrogens (tertiary/aromatic N) is 3. The molecule has 0 saturated carbocycles. The maximum Gasteiger partial charge on any atom is 0.410 e. The van der Waals surface area contributed by atoms with Gasteiger partial charge in [0.05, 0.1) is 68.4 Å². The molecule has 3 aromatic rings. The number of nitrogens with two attached hydrogens (primary N) is 1. The van der Waals surface area contributed by atoms with E-state index in [1.807, 2.05) is 38.1 Å². The van der Waals surface area contributed by atoms with E-state index < -0.39 is 127 Å². The lowest BCUT2D eigenvalue weighted by atomic mass is 9.89. The van der Waals surface area contributed by atoms with Gasteiger partial charge < -0.3 is 66.8 Å². The van der Waals surface area contributed by atoms with Crippen molar-refractivity contribution in [2.75, 3.05) is 59.8 Å². The summed E-state index contributed by atoms with van der Waals surface area (Å²) in [6.07, 6.45) is -1.20. The highest BCUT2D eigenvalue weighted by atomic mass is 16.6. The standard InChI is InChI=1S/C62H92N10O13/c1-13-39(6)55(48(83-11)32-52(76)72-30-20-25-47(72)57(84-12)40(7)58(78)66-41(8)56(77)44-23-18-15-19-24-44)70(9)61(81)53(37(2)3)69-60(80)54(38(4)5)71(10)62(82)85-36-43-26-28-45(29-27-43)67-50(74)35-65-59(79)46(31-42-21-16-14-17-22-42)68-51(75)34-64-49(73)33-63/h14-19,21-24,26-29,37-41,46-48,53-57,77H,13,20,25,30-36,63H2,1-12H3,(H,64,73)(H,65,79)(H,66,78)(H,67,74)(H,68,75)(H,69,80)/t39-,40+,41+,46-,47-,48+,53-,54-,55-,56+,57+/m0/s1. The van der Waals surface area contributed by atoms with Crippen LogP contribution < -0.4 is 37.6 Å². The number of hydrogen-bond acceptors (Lipinski definition) is 14. The van der Waals surface area contributed by atoms with Crippen LogP contribution in [0.5, 0.6) is 0 Å². The lowest BCUT2D eigenvalue weighted by Gasteiger charge is -2.41. The molecule has 0 bridgehead atoms. The number of likely N-dealkylation sites (tertiary alicyclic amines) is 1. The number of likely N-dealkylation sites (N-methyl/N-ethyl adjacent to an activating group) is 2. The van der Waals surface area contributed by atoms with Gasteiger partial charge in [-0.3, -0.25) is 43.3 Å². The Morgan fingerprint density at radius 3 is 1.91 bits per heavy atom. The van der Waals surface area contributed by atoms with Gasteiger partial charge in [-0.25, -0.2) is 4.79 Å². The number of carbonyl (C=O) groups is 9. The smallest absolute Gasteiger partial charge is 0.410 e. The number of methoxy groups -OCH3 is 2. The first-order valence-corrected chi connectivity index (χ1v) is 29.2. The van der Waals surface area contributed by atoms with Crippen LogP contribution in [0.2, 0.25) is 0 Å². The summed E-state index contributed by atoms with van der Waals surface area (Å²) in [6.45, 7) is 13.7. The van der Waals surface area contributed by atoms with Crippen molar-refractivity contribution < 1.29 is 62.5 Å². The molecule has 1 heterocycles. The lowest BCUT2D eigenvalue weighted by molar-refractivity contribution is -0.148. The third kappa shape index (κ3) is 20.6. The first-order chi connectivity index (χ1) is 40.4. The normalized spacial score (nSPS) is 16.7. The summed E-state index contributed by atoms with van der Waals surface area (Å²) in [5.41, 5.74) is 7.65. The molecule has 468 valence electrons. The number of hydrogen-bond donors (Lipinski definition) is 8. The van der Waals surface area contributed by atoms with Gasteiger partial charge in [-0.05, 0) is 66.3 Å². The molecule has 1 fully saturated rings. The number of ether oxygens (including phenoxy) is 3. The van der Waals surface area contributed by atoms with Gasteiger partial charge >= 0.3 is 6.09 Å². The number of carbonyl (C=O) groups excluding carboxylic acids is 9. The topological polar surface area (TPSA) is 309 Å². The minimum atomic E-state index is -1.06. The lowest BCUT2D eigenvalue weighted by Crippen LogP contribution is -2.60. The third-order valence-corrected chi connectivity index (χ3v) is 15.7. The monoisotopic (exact) mass is 1180 g/mol. The fourth-order valence-electron chi connectivity index (χ4n) is 10.7. The van der Waals surface area contributed by atoms with Crippen LogP contribution in [0.15, 0.2) is 84.9 Å². The van der Waals surface area contributed by atoms with Crippen molar-refractivity contribution in [2.45, 2.75) is 149 Å². The zero-order chi connectivity index (χ0) is 63.1. The molecule has 3 aromatic carbocycles. The average Bonchev–Trinajstić information content (AvgIpc) is 4.25. The van der Waals surface area contributed by atoms with Crippen LogP contribution in [0.4, 0.5) is 10.5 Å².